The third-order valence-electron chi connectivity index (χ3n) is 4.52. The van der Waals surface area contributed by atoms with Crippen molar-refractivity contribution in [2.45, 2.75) is 6.92 Å². The topological polar surface area (TPSA) is 120 Å². The molecule has 32 heavy (non-hydrogen) atoms. The van der Waals surface area contributed by atoms with Crippen LogP contribution >= 0.6 is 0 Å². The van der Waals surface area contributed by atoms with Crippen LogP contribution in [0.4, 0.5) is 11.4 Å². The molecule has 1 amide bonds. The minimum Gasteiger partial charge on any atom is -0.483 e. The highest BCUT2D eigenvalue weighted by atomic mass is 16.6. The maximum Gasteiger partial charge on any atom is 0.271 e. The number of nitro groups is 1. The van der Waals surface area contributed by atoms with Crippen LogP contribution in [-0.4, -0.2) is 27.6 Å². The van der Waals surface area contributed by atoms with E-state index >= 15 is 0 Å². The number of nitro benzene ring substituents is 1. The molecule has 0 saturated carbocycles. The second-order valence-electron chi connectivity index (χ2n) is 6.93. The predicted molar refractivity (Wildman–Crippen MR) is 117 cm³/mol. The maximum atomic E-state index is 12.3. The van der Waals surface area contributed by atoms with E-state index in [-0.39, 0.29) is 18.2 Å². The largest absolute Gasteiger partial charge is 0.483 e. The Labute approximate surface area is 182 Å². The molecule has 0 aliphatic rings. The van der Waals surface area contributed by atoms with Gasteiger partial charge >= 0.3 is 0 Å². The number of rotatable bonds is 7. The molecule has 0 spiro atoms. The number of nitrogens with one attached hydrogen (secondary N) is 1. The molecule has 1 N–H and O–H groups in total. The predicted octanol–water partition coefficient (Wildman–Crippen LogP) is 4.64. The first-order valence-electron chi connectivity index (χ1n) is 9.67. The Balaban J connectivity index is 1.47. The van der Waals surface area contributed by atoms with Crippen molar-refractivity contribution in [3.05, 3.63) is 88.5 Å². The lowest BCUT2D eigenvalue weighted by molar-refractivity contribution is -0.384. The van der Waals surface area contributed by atoms with Crippen LogP contribution in [-0.2, 0) is 4.79 Å². The van der Waals surface area contributed by atoms with E-state index in [9.17, 15) is 14.9 Å². The molecule has 0 atom stereocenters. The van der Waals surface area contributed by atoms with Crippen molar-refractivity contribution in [1.82, 2.24) is 10.1 Å². The second kappa shape index (κ2) is 9.09. The molecule has 4 rings (SSSR count). The Morgan fingerprint density at radius 2 is 1.91 bits per heavy atom. The van der Waals surface area contributed by atoms with E-state index in [2.05, 4.69) is 15.5 Å². The highest BCUT2D eigenvalue weighted by Crippen LogP contribution is 2.30. The first kappa shape index (κ1) is 20.7. The zero-order chi connectivity index (χ0) is 22.5. The number of aromatic nitrogens is 2. The normalized spacial score (nSPS) is 10.5. The average molecular weight is 430 g/mol. The Morgan fingerprint density at radius 3 is 2.72 bits per heavy atom. The van der Waals surface area contributed by atoms with Crippen LogP contribution < -0.4 is 10.1 Å². The number of ether oxygens (including phenoxy) is 1. The van der Waals surface area contributed by atoms with Crippen molar-refractivity contribution in [2.24, 2.45) is 0 Å². The number of anilines is 1. The molecule has 0 aliphatic heterocycles. The van der Waals surface area contributed by atoms with Crippen LogP contribution in [0, 0.1) is 17.0 Å². The maximum absolute atomic E-state index is 12.3. The quantitative estimate of drug-likeness (QED) is 0.335. The van der Waals surface area contributed by atoms with E-state index in [4.69, 9.17) is 9.26 Å². The summed E-state index contributed by atoms with van der Waals surface area (Å²) in [7, 11) is 0. The number of hydrogen-bond acceptors (Lipinski definition) is 7. The summed E-state index contributed by atoms with van der Waals surface area (Å²) in [6.45, 7) is 1.67. The summed E-state index contributed by atoms with van der Waals surface area (Å²) in [5, 5.41) is 17.5. The lowest BCUT2D eigenvalue weighted by Crippen LogP contribution is -2.20. The minimum atomic E-state index is -0.530. The van der Waals surface area contributed by atoms with Gasteiger partial charge in [0.1, 0.15) is 5.75 Å². The van der Waals surface area contributed by atoms with Crippen molar-refractivity contribution in [3.8, 4) is 28.6 Å². The standard InChI is InChI=1S/C23H18N4O5/c1-15-6-4-7-16(12-15)22-25-23(32-26-22)19-10-2-3-11-20(19)31-14-21(28)24-17-8-5-9-18(13-17)27(29)30/h2-13H,14H2,1H3,(H,24,28). The first-order chi connectivity index (χ1) is 15.5. The number of carbonyl (C=O) groups excluding carboxylic acids is 1. The number of aryl methyl sites for hydroxylation is 1. The zero-order valence-corrected chi connectivity index (χ0v) is 17.0. The van der Waals surface area contributed by atoms with Crippen molar-refractivity contribution >= 4 is 17.3 Å². The fourth-order valence-corrected chi connectivity index (χ4v) is 3.04. The number of nitrogens with zero attached hydrogens (tertiary/aromatic N) is 3. The number of non-ortho nitro benzene ring substituents is 1. The van der Waals surface area contributed by atoms with Gasteiger partial charge in [-0.15, -0.1) is 0 Å². The molecular weight excluding hydrogens is 412 g/mol. The molecule has 0 fully saturated rings. The number of amides is 1. The molecule has 0 aliphatic carbocycles. The van der Waals surface area contributed by atoms with Crippen LogP contribution in [0.5, 0.6) is 5.75 Å². The molecule has 3 aromatic carbocycles. The van der Waals surface area contributed by atoms with Crippen molar-refractivity contribution in [2.75, 3.05) is 11.9 Å². The Bertz CT molecular complexity index is 1280. The lowest BCUT2D eigenvalue weighted by Gasteiger charge is -2.09. The second-order valence-corrected chi connectivity index (χ2v) is 6.93. The third kappa shape index (κ3) is 4.78. The van der Waals surface area contributed by atoms with Crippen LogP contribution in [0.1, 0.15) is 5.56 Å². The highest BCUT2D eigenvalue weighted by molar-refractivity contribution is 5.92. The molecular formula is C23H18N4O5. The van der Waals surface area contributed by atoms with E-state index < -0.39 is 10.8 Å². The number of carbonyl (C=O) groups is 1. The fourth-order valence-electron chi connectivity index (χ4n) is 3.04. The Kier molecular flexibility index (Phi) is 5.89. The van der Waals surface area contributed by atoms with Gasteiger partial charge in [-0.1, -0.05) is 47.1 Å². The van der Waals surface area contributed by atoms with Gasteiger partial charge in [0.05, 0.1) is 10.5 Å². The molecule has 0 radical (unpaired) electrons. The number of hydrogen-bond donors (Lipinski definition) is 1. The first-order valence-corrected chi connectivity index (χ1v) is 9.67. The van der Waals surface area contributed by atoms with E-state index in [1.54, 1.807) is 30.3 Å². The molecule has 0 saturated heterocycles. The smallest absolute Gasteiger partial charge is 0.271 e. The summed E-state index contributed by atoms with van der Waals surface area (Å²) in [4.78, 5) is 27.1. The van der Waals surface area contributed by atoms with Gasteiger partial charge in [-0.2, -0.15) is 4.98 Å². The van der Waals surface area contributed by atoms with Gasteiger partial charge in [0.25, 0.3) is 17.5 Å². The molecule has 0 unspecified atom stereocenters. The van der Waals surface area contributed by atoms with Gasteiger partial charge in [-0.3, -0.25) is 14.9 Å². The summed E-state index contributed by atoms with van der Waals surface area (Å²) >= 11 is 0. The fraction of sp³-hybridized carbons (Fsp3) is 0.0870. The molecule has 160 valence electrons. The molecule has 9 nitrogen and oxygen atoms in total. The van der Waals surface area contributed by atoms with Gasteiger partial charge in [-0.05, 0) is 31.2 Å². The number of benzene rings is 3. The van der Waals surface area contributed by atoms with E-state index in [0.717, 1.165) is 11.1 Å². The number of para-hydroxylation sites is 1. The van der Waals surface area contributed by atoms with Gasteiger partial charge in [0.15, 0.2) is 6.61 Å². The SMILES string of the molecule is Cc1cccc(-c2noc(-c3ccccc3OCC(=O)Nc3cccc([N+](=O)[O-])c3)n2)c1. The summed E-state index contributed by atoms with van der Waals surface area (Å²) in [6, 6.07) is 20.4. The van der Waals surface area contributed by atoms with Gasteiger partial charge in [0.2, 0.25) is 5.82 Å². The molecule has 9 heteroatoms. The van der Waals surface area contributed by atoms with Crippen LogP contribution in [0.3, 0.4) is 0 Å². The van der Waals surface area contributed by atoms with Crippen molar-refractivity contribution in [1.29, 1.82) is 0 Å². The summed E-state index contributed by atoms with van der Waals surface area (Å²) in [5.41, 5.74) is 2.64. The Hall–Kier alpha value is -4.53. The molecule has 1 aromatic heterocycles. The molecule has 4 aromatic rings. The van der Waals surface area contributed by atoms with E-state index in [1.807, 2.05) is 31.2 Å². The summed E-state index contributed by atoms with van der Waals surface area (Å²) in [5.74, 6) is 0.630. The van der Waals surface area contributed by atoms with Crippen LogP contribution in [0.25, 0.3) is 22.8 Å². The molecule has 1 heterocycles. The summed E-state index contributed by atoms with van der Waals surface area (Å²) < 4.78 is 11.1. The van der Waals surface area contributed by atoms with Crippen LogP contribution in [0.15, 0.2) is 77.3 Å². The van der Waals surface area contributed by atoms with Crippen LogP contribution in [0.2, 0.25) is 0 Å². The van der Waals surface area contributed by atoms with Crippen molar-refractivity contribution < 1.29 is 19.0 Å². The lowest BCUT2D eigenvalue weighted by atomic mass is 10.1. The average Bonchev–Trinajstić information content (AvgIpc) is 3.28. The van der Waals surface area contributed by atoms with Gasteiger partial charge in [0, 0.05) is 23.4 Å². The minimum absolute atomic E-state index is 0.116. The van der Waals surface area contributed by atoms with Gasteiger partial charge < -0.3 is 14.6 Å². The van der Waals surface area contributed by atoms with Crippen molar-refractivity contribution in [3.63, 3.8) is 0 Å². The zero-order valence-electron chi connectivity index (χ0n) is 17.0. The monoisotopic (exact) mass is 430 g/mol. The molecule has 0 bridgehead atoms. The van der Waals surface area contributed by atoms with E-state index in [0.29, 0.717) is 22.8 Å². The third-order valence-corrected chi connectivity index (χ3v) is 4.52. The van der Waals surface area contributed by atoms with E-state index in [1.165, 1.54) is 18.2 Å². The summed E-state index contributed by atoms with van der Waals surface area (Å²) in [6.07, 6.45) is 0. The Morgan fingerprint density at radius 1 is 1.09 bits per heavy atom. The highest BCUT2D eigenvalue weighted by Gasteiger charge is 2.16. The van der Waals surface area contributed by atoms with Gasteiger partial charge in [-0.25, -0.2) is 0 Å².